The average Bonchev–Trinajstić information content (AvgIpc) is 3.12. The normalized spacial score (nSPS) is 14.2. The van der Waals surface area contributed by atoms with Gasteiger partial charge in [-0.15, -0.1) is 0 Å². The van der Waals surface area contributed by atoms with E-state index in [1.54, 1.807) is 0 Å². The van der Waals surface area contributed by atoms with E-state index in [1.165, 1.54) is 77.0 Å². The number of aliphatic hydroxyl groups is 3. The zero-order valence-corrected chi connectivity index (χ0v) is 32.1. The molecule has 0 aromatic carbocycles. The Morgan fingerprint density at radius 1 is 0.520 bits per heavy atom. The molecule has 0 fully saturated rings. The van der Waals surface area contributed by atoms with Crippen molar-refractivity contribution in [3.63, 3.8) is 0 Å². The van der Waals surface area contributed by atoms with Crippen LogP contribution in [0.4, 0.5) is 0 Å². The molecule has 0 radical (unpaired) electrons. The first-order valence-corrected chi connectivity index (χ1v) is 20.5. The largest absolute Gasteiger partial charge is 0.455 e. The number of esters is 2. The average molecular weight is 709 g/mol. The fraction of sp³-hybridized carbons (Fsp3) is 0.833. The zero-order chi connectivity index (χ0) is 36.9. The highest BCUT2D eigenvalue weighted by Gasteiger charge is 2.38. The lowest BCUT2D eigenvalue weighted by Gasteiger charge is -2.29. The lowest BCUT2D eigenvalue weighted by atomic mass is 10.0. The minimum absolute atomic E-state index is 0.0744. The third-order valence-electron chi connectivity index (χ3n) is 9.20. The van der Waals surface area contributed by atoms with Gasteiger partial charge < -0.3 is 24.8 Å². The molecule has 292 valence electrons. The first-order chi connectivity index (χ1) is 24.4. The van der Waals surface area contributed by atoms with Crippen molar-refractivity contribution < 1.29 is 39.2 Å². The second-order valence-electron chi connectivity index (χ2n) is 14.0. The van der Waals surface area contributed by atoms with Gasteiger partial charge in [-0.25, -0.2) is 0 Å². The number of aliphatic hydroxyl groups excluding tert-OH is 3. The van der Waals surface area contributed by atoms with Gasteiger partial charge in [0.15, 0.2) is 18.5 Å². The molecule has 0 saturated carbocycles. The van der Waals surface area contributed by atoms with Crippen molar-refractivity contribution in [1.29, 1.82) is 0 Å². The minimum atomic E-state index is -1.79. The number of carbonyl (C=O) groups excluding carboxylic acids is 3. The monoisotopic (exact) mass is 709 g/mol. The highest BCUT2D eigenvalue weighted by Crippen LogP contribution is 2.17. The van der Waals surface area contributed by atoms with E-state index >= 15 is 0 Å². The number of rotatable bonds is 37. The second-order valence-corrected chi connectivity index (χ2v) is 14.0. The van der Waals surface area contributed by atoms with E-state index < -0.39 is 43.0 Å². The molecule has 0 aromatic heterocycles. The smallest absolute Gasteiger partial charge is 0.306 e. The van der Waals surface area contributed by atoms with E-state index in [0.29, 0.717) is 19.1 Å². The van der Waals surface area contributed by atoms with Gasteiger partial charge in [0.05, 0.1) is 6.61 Å². The van der Waals surface area contributed by atoms with Crippen LogP contribution in [0.15, 0.2) is 24.3 Å². The molecule has 0 spiro atoms. The number of aldehydes is 1. The highest BCUT2D eigenvalue weighted by molar-refractivity contribution is 5.74. The van der Waals surface area contributed by atoms with E-state index in [0.717, 1.165) is 77.0 Å². The summed E-state index contributed by atoms with van der Waals surface area (Å²) in [6.07, 6.45) is 32.4. The molecule has 0 amide bonds. The van der Waals surface area contributed by atoms with Gasteiger partial charge in [0.25, 0.3) is 0 Å². The molecule has 0 aliphatic carbocycles. The van der Waals surface area contributed by atoms with E-state index in [2.05, 4.69) is 38.2 Å². The van der Waals surface area contributed by atoms with Crippen molar-refractivity contribution in [3.8, 4) is 0 Å². The molecule has 0 saturated heterocycles. The van der Waals surface area contributed by atoms with Crippen LogP contribution in [0.25, 0.3) is 0 Å². The number of carbonyl (C=O) groups is 3. The van der Waals surface area contributed by atoms with Crippen molar-refractivity contribution >= 4 is 18.2 Å². The molecule has 0 aliphatic heterocycles. The first kappa shape index (κ1) is 48.0. The van der Waals surface area contributed by atoms with Crippen LogP contribution in [-0.4, -0.2) is 64.6 Å². The van der Waals surface area contributed by atoms with Gasteiger partial charge in [0, 0.05) is 12.8 Å². The molecule has 0 aliphatic rings. The predicted molar refractivity (Wildman–Crippen MR) is 204 cm³/mol. The summed E-state index contributed by atoms with van der Waals surface area (Å²) in [5.74, 6) is -1.29. The van der Waals surface area contributed by atoms with E-state index in [9.17, 15) is 29.7 Å². The Balaban J connectivity index is 4.27. The molecule has 50 heavy (non-hydrogen) atoms. The molecule has 3 N–H and O–H groups in total. The van der Waals surface area contributed by atoms with Crippen molar-refractivity contribution in [2.75, 3.05) is 6.61 Å². The summed E-state index contributed by atoms with van der Waals surface area (Å²) < 4.78 is 10.6. The summed E-state index contributed by atoms with van der Waals surface area (Å²) in [5, 5.41) is 29.8. The molecule has 4 atom stereocenters. The summed E-state index contributed by atoms with van der Waals surface area (Å²) >= 11 is 0. The van der Waals surface area contributed by atoms with E-state index in [1.807, 2.05) is 0 Å². The number of hydrogen-bond acceptors (Lipinski definition) is 8. The van der Waals surface area contributed by atoms with Gasteiger partial charge in [-0.1, -0.05) is 141 Å². The standard InChI is InChI=1S/C42H76O8/c1-3-5-7-9-11-13-15-17-19-21-23-25-27-29-31-33-39(46)49-38(36-44)42(41(48)37(45)35-43)50-40(47)34-32-30-28-26-24-22-20-18-16-14-12-10-8-6-4-2/h17-20,36-38,41-43,45,48H,3-16,21-35H2,1-2H3/t37-,38+,41-,42-/m1/s1. The van der Waals surface area contributed by atoms with Crippen molar-refractivity contribution in [2.24, 2.45) is 0 Å². The Morgan fingerprint density at radius 2 is 0.860 bits per heavy atom. The van der Waals surface area contributed by atoms with Crippen molar-refractivity contribution in [2.45, 2.75) is 218 Å². The molecule has 0 aromatic rings. The third-order valence-corrected chi connectivity index (χ3v) is 9.20. The maximum absolute atomic E-state index is 12.6. The van der Waals surface area contributed by atoms with Crippen molar-refractivity contribution in [3.05, 3.63) is 24.3 Å². The molecule has 0 rings (SSSR count). The second kappa shape index (κ2) is 36.8. The van der Waals surface area contributed by atoms with Crippen LogP contribution in [0.5, 0.6) is 0 Å². The molecule has 0 heterocycles. The van der Waals surface area contributed by atoms with Gasteiger partial charge in [-0.2, -0.15) is 0 Å². The summed E-state index contributed by atoms with van der Waals surface area (Å²) in [7, 11) is 0. The van der Waals surface area contributed by atoms with Crippen LogP contribution in [0, 0.1) is 0 Å². The Bertz CT molecular complexity index is 842. The maximum atomic E-state index is 12.6. The third kappa shape index (κ3) is 29.7. The quantitative estimate of drug-likeness (QED) is 0.0252. The van der Waals surface area contributed by atoms with Crippen LogP contribution < -0.4 is 0 Å². The van der Waals surface area contributed by atoms with Gasteiger partial charge in [-0.05, 0) is 64.2 Å². The number of unbranched alkanes of at least 4 members (excludes halogenated alkanes) is 22. The lowest BCUT2D eigenvalue weighted by molar-refractivity contribution is -0.185. The Morgan fingerprint density at radius 3 is 1.22 bits per heavy atom. The van der Waals surface area contributed by atoms with E-state index in [-0.39, 0.29) is 12.8 Å². The van der Waals surface area contributed by atoms with Crippen LogP contribution in [-0.2, 0) is 23.9 Å². The fourth-order valence-electron chi connectivity index (χ4n) is 5.93. The summed E-state index contributed by atoms with van der Waals surface area (Å²) in [5.41, 5.74) is 0. The van der Waals surface area contributed by atoms with E-state index in [4.69, 9.17) is 9.47 Å². The molecule has 8 heteroatoms. The van der Waals surface area contributed by atoms with Gasteiger partial charge in [0.1, 0.15) is 12.2 Å². The van der Waals surface area contributed by atoms with Crippen LogP contribution in [0.1, 0.15) is 194 Å². The van der Waals surface area contributed by atoms with Gasteiger partial charge >= 0.3 is 11.9 Å². The van der Waals surface area contributed by atoms with Crippen molar-refractivity contribution in [1.82, 2.24) is 0 Å². The molecule has 8 nitrogen and oxygen atoms in total. The summed E-state index contributed by atoms with van der Waals surface area (Å²) in [6, 6.07) is 0. The topological polar surface area (TPSA) is 130 Å². The van der Waals surface area contributed by atoms with Gasteiger partial charge in [-0.3, -0.25) is 14.4 Å². The molecule has 0 unspecified atom stereocenters. The fourth-order valence-corrected chi connectivity index (χ4v) is 5.93. The Hall–Kier alpha value is -2.03. The zero-order valence-electron chi connectivity index (χ0n) is 32.1. The van der Waals surface area contributed by atoms with Crippen LogP contribution in [0.2, 0.25) is 0 Å². The predicted octanol–water partition coefficient (Wildman–Crippen LogP) is 9.80. The molecular weight excluding hydrogens is 632 g/mol. The molecule has 0 bridgehead atoms. The number of allylic oxidation sites excluding steroid dienone is 4. The highest BCUT2D eigenvalue weighted by atomic mass is 16.6. The number of ether oxygens (including phenoxy) is 2. The lowest BCUT2D eigenvalue weighted by Crippen LogP contribution is -2.50. The maximum Gasteiger partial charge on any atom is 0.306 e. The first-order valence-electron chi connectivity index (χ1n) is 20.5. The Labute approximate surface area is 305 Å². The number of hydrogen-bond donors (Lipinski definition) is 3. The minimum Gasteiger partial charge on any atom is -0.455 e. The Kier molecular flexibility index (Phi) is 35.3. The van der Waals surface area contributed by atoms with Crippen LogP contribution >= 0.6 is 0 Å². The summed E-state index contributed by atoms with van der Waals surface area (Å²) in [4.78, 5) is 37.0. The van der Waals surface area contributed by atoms with Crippen LogP contribution in [0.3, 0.4) is 0 Å². The molecular formula is C42H76O8. The SMILES string of the molecule is CCCCCCCCC=CCCCCCCCC(=O)O[C@@H]([C@H](O)[C@H](O)CO)[C@H](C=O)OC(=O)CCCCCCCC=CCCCCCCCC. The van der Waals surface area contributed by atoms with Gasteiger partial charge in [0.2, 0.25) is 0 Å². The summed E-state index contributed by atoms with van der Waals surface area (Å²) in [6.45, 7) is 3.67.